The Labute approximate surface area is 167 Å². The molecule has 2 atom stereocenters. The zero-order valence-corrected chi connectivity index (χ0v) is 17.2. The molecule has 0 saturated carbocycles. The number of pyridine rings is 1. The number of benzene rings is 1. The Hall–Kier alpha value is -2.62. The number of rotatable bonds is 6. The minimum absolute atomic E-state index is 0.255. The molecule has 152 valence electrons. The van der Waals surface area contributed by atoms with E-state index in [4.69, 9.17) is 5.26 Å². The van der Waals surface area contributed by atoms with E-state index in [1.807, 2.05) is 45.0 Å². The van der Waals surface area contributed by atoms with Gasteiger partial charge in [-0.25, -0.2) is 9.37 Å². The monoisotopic (exact) mass is 387 g/mol. The lowest BCUT2D eigenvalue weighted by Gasteiger charge is -2.20. The van der Waals surface area contributed by atoms with Gasteiger partial charge in [-0.2, -0.15) is 5.26 Å². The number of carbonyl (C=O) groups is 1. The van der Waals surface area contributed by atoms with Crippen molar-refractivity contribution in [3.05, 3.63) is 53.9 Å². The molecule has 0 bridgehead atoms. The fourth-order valence-electron chi connectivity index (χ4n) is 2.06. The normalized spacial score (nSPS) is 11.6. The highest BCUT2D eigenvalue weighted by Gasteiger charge is 2.18. The lowest BCUT2D eigenvalue weighted by molar-refractivity contribution is -0.116. The molecule has 2 unspecified atom stereocenters. The zero-order valence-electron chi connectivity index (χ0n) is 17.2. The second-order valence-electron chi connectivity index (χ2n) is 5.72. The van der Waals surface area contributed by atoms with Crippen molar-refractivity contribution in [1.82, 2.24) is 10.3 Å². The van der Waals surface area contributed by atoms with Gasteiger partial charge in [0.15, 0.2) is 0 Å². The van der Waals surface area contributed by atoms with E-state index in [2.05, 4.69) is 10.3 Å². The van der Waals surface area contributed by atoms with Crippen molar-refractivity contribution in [1.29, 1.82) is 5.26 Å². The molecular formula is C22H30FN3O2. The summed E-state index contributed by atoms with van der Waals surface area (Å²) in [6, 6.07) is 12.0. The van der Waals surface area contributed by atoms with E-state index in [1.54, 1.807) is 38.4 Å². The van der Waals surface area contributed by atoms with Gasteiger partial charge in [-0.1, -0.05) is 45.0 Å². The van der Waals surface area contributed by atoms with Gasteiger partial charge in [0.25, 0.3) is 0 Å². The minimum Gasteiger partial charge on any atom is -0.387 e. The van der Waals surface area contributed by atoms with Crippen molar-refractivity contribution >= 4 is 5.78 Å². The van der Waals surface area contributed by atoms with Crippen LogP contribution in [0.15, 0.2) is 42.6 Å². The van der Waals surface area contributed by atoms with Crippen LogP contribution in [0.5, 0.6) is 0 Å². The summed E-state index contributed by atoms with van der Waals surface area (Å²) in [4.78, 5) is 13.8. The third-order valence-electron chi connectivity index (χ3n) is 3.88. The lowest BCUT2D eigenvalue weighted by Crippen LogP contribution is -2.33. The number of hydrogen-bond acceptors (Lipinski definition) is 5. The van der Waals surface area contributed by atoms with E-state index >= 15 is 0 Å². The highest BCUT2D eigenvalue weighted by molar-refractivity contribution is 5.74. The van der Waals surface area contributed by atoms with Crippen LogP contribution in [0.25, 0.3) is 11.1 Å². The van der Waals surface area contributed by atoms with Gasteiger partial charge in [0, 0.05) is 18.2 Å². The smallest absolute Gasteiger partial charge is 0.140 e. The molecule has 0 aliphatic rings. The number of alkyl halides is 1. The molecule has 2 aromatic rings. The molecule has 2 rings (SSSR count). The largest absolute Gasteiger partial charge is 0.387 e. The number of ketones is 1. The maximum absolute atomic E-state index is 12.8. The average Bonchev–Trinajstić information content (AvgIpc) is 2.76. The Kier molecular flexibility index (Phi) is 13.1. The standard InChI is InChI=1S/C16H16FN3O.C4H8O.C2H6/c1-19-15(8-17)16(21)12-4-2-11(3-5-12)13-6-7-14(9-18)20-10-13;1-3-4(2)5;1-2/h2-7,10,15-16,19,21H,8H2,1H3;3H2,1-2H3;1-2H3. The molecule has 2 N–H and O–H groups in total. The molecule has 0 amide bonds. The molecule has 5 nitrogen and oxygen atoms in total. The molecule has 1 heterocycles. The van der Waals surface area contributed by atoms with Crippen LogP contribution >= 0.6 is 0 Å². The Morgan fingerprint density at radius 1 is 1.21 bits per heavy atom. The zero-order chi connectivity index (χ0) is 21.5. The number of Topliss-reactive ketones (excluding diaryl/α,β-unsaturated/α-hetero) is 1. The fraction of sp³-hybridized carbons (Fsp3) is 0.409. The van der Waals surface area contributed by atoms with Crippen molar-refractivity contribution in [2.45, 2.75) is 46.3 Å². The number of nitriles is 1. The van der Waals surface area contributed by atoms with Gasteiger partial charge >= 0.3 is 0 Å². The van der Waals surface area contributed by atoms with Crippen molar-refractivity contribution < 1.29 is 14.3 Å². The summed E-state index contributed by atoms with van der Waals surface area (Å²) in [6.07, 6.45) is 1.40. The van der Waals surface area contributed by atoms with Crippen LogP contribution in [0.3, 0.4) is 0 Å². The van der Waals surface area contributed by atoms with Crippen molar-refractivity contribution in [3.63, 3.8) is 0 Å². The summed E-state index contributed by atoms with van der Waals surface area (Å²) >= 11 is 0. The number of likely N-dealkylation sites (N-methyl/N-ethyl adjacent to an activating group) is 1. The van der Waals surface area contributed by atoms with Crippen LogP contribution in [0.1, 0.15) is 51.5 Å². The lowest BCUT2D eigenvalue weighted by atomic mass is 9.99. The van der Waals surface area contributed by atoms with Gasteiger partial charge in [0.2, 0.25) is 0 Å². The molecular weight excluding hydrogens is 357 g/mol. The molecule has 0 fully saturated rings. The van der Waals surface area contributed by atoms with Crippen LogP contribution in [0.4, 0.5) is 4.39 Å². The molecule has 0 saturated heterocycles. The van der Waals surface area contributed by atoms with Crippen molar-refractivity contribution in [2.75, 3.05) is 13.7 Å². The van der Waals surface area contributed by atoms with Gasteiger partial charge in [-0.15, -0.1) is 0 Å². The predicted molar refractivity (Wildman–Crippen MR) is 110 cm³/mol. The first-order valence-electron chi connectivity index (χ1n) is 9.34. The molecule has 28 heavy (non-hydrogen) atoms. The topological polar surface area (TPSA) is 86.0 Å². The number of carbonyl (C=O) groups excluding carboxylic acids is 1. The third kappa shape index (κ3) is 8.38. The molecule has 0 aliphatic carbocycles. The van der Waals surface area contributed by atoms with Crippen LogP contribution in [-0.2, 0) is 4.79 Å². The van der Waals surface area contributed by atoms with Crippen LogP contribution in [-0.4, -0.2) is 35.6 Å². The molecule has 0 radical (unpaired) electrons. The van der Waals surface area contributed by atoms with Gasteiger partial charge in [-0.3, -0.25) is 0 Å². The van der Waals surface area contributed by atoms with Gasteiger partial charge in [0.05, 0.1) is 12.1 Å². The fourth-order valence-corrected chi connectivity index (χ4v) is 2.06. The van der Waals surface area contributed by atoms with Crippen LogP contribution in [0, 0.1) is 11.3 Å². The van der Waals surface area contributed by atoms with E-state index in [9.17, 15) is 14.3 Å². The molecule has 1 aromatic carbocycles. The van der Waals surface area contributed by atoms with E-state index in [1.165, 1.54) is 0 Å². The Balaban J connectivity index is 0.000000906. The first kappa shape index (κ1) is 25.4. The molecule has 0 spiro atoms. The highest BCUT2D eigenvalue weighted by Crippen LogP contribution is 2.23. The second-order valence-corrected chi connectivity index (χ2v) is 5.72. The van der Waals surface area contributed by atoms with E-state index in [-0.39, 0.29) is 5.78 Å². The number of aliphatic hydroxyl groups is 1. The van der Waals surface area contributed by atoms with Crippen LogP contribution in [0.2, 0.25) is 0 Å². The van der Waals surface area contributed by atoms with Gasteiger partial charge in [0.1, 0.15) is 24.2 Å². The summed E-state index contributed by atoms with van der Waals surface area (Å²) in [6.45, 7) is 6.79. The quantitative estimate of drug-likeness (QED) is 0.775. The first-order chi connectivity index (χ1) is 13.5. The highest BCUT2D eigenvalue weighted by atomic mass is 19.1. The number of aromatic nitrogens is 1. The Morgan fingerprint density at radius 2 is 1.75 bits per heavy atom. The summed E-state index contributed by atoms with van der Waals surface area (Å²) in [5.41, 5.74) is 2.82. The van der Waals surface area contributed by atoms with E-state index in [0.717, 1.165) is 11.1 Å². The van der Waals surface area contributed by atoms with Gasteiger partial charge in [-0.05, 0) is 37.2 Å². The summed E-state index contributed by atoms with van der Waals surface area (Å²) in [7, 11) is 1.62. The summed E-state index contributed by atoms with van der Waals surface area (Å²) in [5.74, 6) is 0.255. The number of nitrogens with one attached hydrogen (secondary N) is 1. The minimum atomic E-state index is -0.895. The Morgan fingerprint density at radius 3 is 2.11 bits per heavy atom. The molecule has 1 aromatic heterocycles. The third-order valence-corrected chi connectivity index (χ3v) is 3.88. The number of aliphatic hydroxyl groups excluding tert-OH is 1. The maximum atomic E-state index is 12.8. The summed E-state index contributed by atoms with van der Waals surface area (Å²) in [5, 5.41) is 21.5. The second kappa shape index (κ2) is 14.4. The molecule has 6 heteroatoms. The van der Waals surface area contributed by atoms with Gasteiger partial charge < -0.3 is 15.2 Å². The Bertz CT molecular complexity index is 721. The number of halogens is 1. The summed E-state index contributed by atoms with van der Waals surface area (Å²) < 4.78 is 12.8. The number of nitrogens with zero attached hydrogens (tertiary/aromatic N) is 2. The van der Waals surface area contributed by atoms with Crippen LogP contribution < -0.4 is 5.32 Å². The maximum Gasteiger partial charge on any atom is 0.140 e. The van der Waals surface area contributed by atoms with Crippen molar-refractivity contribution in [2.24, 2.45) is 0 Å². The number of hydrogen-bond donors (Lipinski definition) is 2. The van der Waals surface area contributed by atoms with Crippen molar-refractivity contribution in [3.8, 4) is 17.2 Å². The predicted octanol–water partition coefficient (Wildman–Crippen LogP) is 4.22. The SMILES string of the molecule is CC.CCC(C)=O.CNC(CF)C(O)c1ccc(-c2ccc(C#N)nc2)cc1. The molecule has 0 aliphatic heterocycles. The first-order valence-corrected chi connectivity index (χ1v) is 9.34. The van der Waals surface area contributed by atoms with E-state index < -0.39 is 18.8 Å². The average molecular weight is 387 g/mol. The van der Waals surface area contributed by atoms with E-state index in [0.29, 0.717) is 17.7 Å².